The summed E-state index contributed by atoms with van der Waals surface area (Å²) in [7, 11) is -3.39. The minimum Gasteiger partial charge on any atom is -0.332 e. The molecular formula is C21H20ClN2O5PS. The molecule has 3 aromatic rings. The van der Waals surface area contributed by atoms with Gasteiger partial charge in [0.1, 0.15) is 5.66 Å². The van der Waals surface area contributed by atoms with Gasteiger partial charge in [0.2, 0.25) is 13.3 Å². The monoisotopic (exact) mass is 478 g/mol. The molecule has 10 heteroatoms. The van der Waals surface area contributed by atoms with Crippen molar-refractivity contribution in [3.63, 3.8) is 0 Å². The highest BCUT2D eigenvalue weighted by atomic mass is 35.5. The average Bonchev–Trinajstić information content (AvgIpc) is 3.10. The third kappa shape index (κ3) is 5.22. The lowest BCUT2D eigenvalue weighted by Gasteiger charge is -2.22. The van der Waals surface area contributed by atoms with Gasteiger partial charge in [-0.3, -0.25) is 19.5 Å². The molecule has 3 rings (SSSR count). The Hall–Kier alpha value is -2.51. The second-order valence-electron chi connectivity index (χ2n) is 6.72. The van der Waals surface area contributed by atoms with Crippen LogP contribution in [-0.2, 0) is 13.9 Å². The summed E-state index contributed by atoms with van der Waals surface area (Å²) in [5.74, 6) is -0.534. The van der Waals surface area contributed by atoms with E-state index in [0.29, 0.717) is 16.1 Å². The van der Waals surface area contributed by atoms with Gasteiger partial charge < -0.3 is 9.84 Å². The molecule has 0 fully saturated rings. The molecule has 1 heterocycles. The number of halogens is 1. The molecule has 0 bridgehead atoms. The number of nitro benzene ring substituents is 1. The van der Waals surface area contributed by atoms with Crippen molar-refractivity contribution in [2.75, 3.05) is 13.3 Å². The first kappa shape index (κ1) is 23.2. The number of nitrogens with one attached hydrogen (secondary N) is 1. The number of amides is 1. The fourth-order valence-corrected chi connectivity index (χ4v) is 6.38. The van der Waals surface area contributed by atoms with E-state index in [2.05, 4.69) is 5.32 Å². The topological polar surface area (TPSA) is 98.5 Å². The fourth-order valence-electron chi connectivity index (χ4n) is 3.26. The summed E-state index contributed by atoms with van der Waals surface area (Å²) in [4.78, 5) is 23.8. The number of nitrogens with zero attached hydrogens (tertiary/aromatic N) is 1. The molecule has 2 unspecified atom stereocenters. The lowest BCUT2D eigenvalue weighted by Crippen LogP contribution is -2.25. The van der Waals surface area contributed by atoms with Crippen LogP contribution in [0, 0.1) is 10.1 Å². The van der Waals surface area contributed by atoms with E-state index >= 15 is 0 Å². The minimum absolute atomic E-state index is 0.0847. The van der Waals surface area contributed by atoms with Gasteiger partial charge in [-0.2, -0.15) is 0 Å². The Bertz CT molecular complexity index is 1210. The van der Waals surface area contributed by atoms with E-state index in [4.69, 9.17) is 16.1 Å². The first-order chi connectivity index (χ1) is 14.7. The molecule has 0 radical (unpaired) electrons. The fraction of sp³-hybridized carbons (Fsp3) is 0.190. The van der Waals surface area contributed by atoms with Gasteiger partial charge in [-0.1, -0.05) is 23.7 Å². The summed E-state index contributed by atoms with van der Waals surface area (Å²) in [5, 5.41) is 16.8. The van der Waals surface area contributed by atoms with Gasteiger partial charge in [-0.15, -0.1) is 11.3 Å². The Balaban J connectivity index is 1.95. The van der Waals surface area contributed by atoms with Crippen LogP contribution < -0.4 is 5.32 Å². The first-order valence-corrected chi connectivity index (χ1v) is 12.7. The van der Waals surface area contributed by atoms with Crippen LogP contribution in [0.3, 0.4) is 0 Å². The third-order valence-corrected chi connectivity index (χ3v) is 8.02. The molecular weight excluding hydrogens is 459 g/mol. The van der Waals surface area contributed by atoms with Crippen molar-refractivity contribution in [2.24, 2.45) is 0 Å². The molecule has 7 nitrogen and oxygen atoms in total. The van der Waals surface area contributed by atoms with Crippen LogP contribution in [0.5, 0.6) is 0 Å². The third-order valence-electron chi connectivity index (χ3n) is 4.58. The molecule has 2 atom stereocenters. The first-order valence-electron chi connectivity index (χ1n) is 9.33. The van der Waals surface area contributed by atoms with E-state index < -0.39 is 23.9 Å². The average molecular weight is 479 g/mol. The van der Waals surface area contributed by atoms with Crippen molar-refractivity contribution < 1.29 is 18.8 Å². The van der Waals surface area contributed by atoms with E-state index in [9.17, 15) is 19.5 Å². The highest BCUT2D eigenvalue weighted by Gasteiger charge is 2.38. The lowest BCUT2D eigenvalue weighted by molar-refractivity contribution is -0.385. The zero-order chi connectivity index (χ0) is 22.6. The molecule has 1 aromatic heterocycles. The van der Waals surface area contributed by atoms with Crippen molar-refractivity contribution in [1.29, 1.82) is 0 Å². The van der Waals surface area contributed by atoms with Gasteiger partial charge in [0.25, 0.3) is 5.69 Å². The van der Waals surface area contributed by atoms with Crippen molar-refractivity contribution in [3.8, 4) is 0 Å². The summed E-state index contributed by atoms with van der Waals surface area (Å²) in [6.45, 7) is 3.33. The number of hydrogen-bond acceptors (Lipinski definition) is 6. The van der Waals surface area contributed by atoms with E-state index in [0.717, 1.165) is 10.1 Å². The molecule has 162 valence electrons. The van der Waals surface area contributed by atoms with Gasteiger partial charge in [0, 0.05) is 28.7 Å². The van der Waals surface area contributed by atoms with Gasteiger partial charge >= 0.3 is 0 Å². The number of carbonyl (C=O) groups is 1. The number of rotatable bonds is 8. The summed E-state index contributed by atoms with van der Waals surface area (Å²) in [6.07, 6.45) is 2.74. The number of thiophene rings is 1. The van der Waals surface area contributed by atoms with Crippen LogP contribution in [0.25, 0.3) is 16.2 Å². The predicted molar refractivity (Wildman–Crippen MR) is 125 cm³/mol. The number of carbonyl (C=O) groups excluding carboxylic acids is 1. The molecule has 0 spiro atoms. The second kappa shape index (κ2) is 9.75. The van der Waals surface area contributed by atoms with E-state index in [1.54, 1.807) is 42.6 Å². The Labute approximate surface area is 188 Å². The number of para-hydroxylation sites is 1. The molecule has 0 saturated heterocycles. The molecule has 0 aliphatic heterocycles. The van der Waals surface area contributed by atoms with Gasteiger partial charge in [0.15, 0.2) is 0 Å². The zero-order valence-electron chi connectivity index (χ0n) is 16.8. The van der Waals surface area contributed by atoms with Gasteiger partial charge in [0.05, 0.1) is 17.1 Å². The number of hydrogen-bond donors (Lipinski definition) is 1. The highest BCUT2D eigenvalue weighted by molar-refractivity contribution is 7.59. The molecule has 0 aliphatic rings. The summed E-state index contributed by atoms with van der Waals surface area (Å²) >= 11 is 7.56. The van der Waals surface area contributed by atoms with Crippen molar-refractivity contribution in [2.45, 2.75) is 12.6 Å². The van der Waals surface area contributed by atoms with Crippen LogP contribution in [0.4, 0.5) is 5.69 Å². The minimum atomic E-state index is -3.39. The van der Waals surface area contributed by atoms with Crippen molar-refractivity contribution in [1.82, 2.24) is 5.32 Å². The maximum atomic E-state index is 13.3. The summed E-state index contributed by atoms with van der Waals surface area (Å²) in [6, 6.07) is 11.5. The number of benzene rings is 2. The van der Waals surface area contributed by atoms with Crippen LogP contribution in [0.15, 0.2) is 54.0 Å². The molecule has 31 heavy (non-hydrogen) atoms. The number of nitro groups is 1. The van der Waals surface area contributed by atoms with E-state index in [1.807, 2.05) is 6.07 Å². The lowest BCUT2D eigenvalue weighted by atomic mass is 10.1. The standard InChI is InChI=1S/C21H20ClN2O5PS/c1-3-29-30(2,28)20(17-13-31-19-9-8-15(22)12-16(17)19)21(25)23-11-10-14-6-4-5-7-18(14)24(26)27/h4-13,20H,3H2,1-2H3,(H,23,25). The predicted octanol–water partition coefficient (Wildman–Crippen LogP) is 6.24. The van der Waals surface area contributed by atoms with Crippen LogP contribution in [0.2, 0.25) is 5.02 Å². The van der Waals surface area contributed by atoms with E-state index in [1.165, 1.54) is 36.3 Å². The summed E-state index contributed by atoms with van der Waals surface area (Å²) in [5.41, 5.74) is -0.242. The quantitative estimate of drug-likeness (QED) is 0.235. The Morgan fingerprint density at radius 2 is 2.10 bits per heavy atom. The maximum absolute atomic E-state index is 13.3. The number of fused-ring (bicyclic) bond motifs is 1. The Morgan fingerprint density at radius 1 is 1.35 bits per heavy atom. The molecule has 1 amide bonds. The van der Waals surface area contributed by atoms with Crippen LogP contribution in [-0.4, -0.2) is 24.1 Å². The molecule has 2 aromatic carbocycles. The maximum Gasteiger partial charge on any atom is 0.276 e. The van der Waals surface area contributed by atoms with Crippen molar-refractivity contribution >= 4 is 58.1 Å². The van der Waals surface area contributed by atoms with Gasteiger partial charge in [-0.05, 0) is 53.6 Å². The smallest absolute Gasteiger partial charge is 0.276 e. The highest BCUT2D eigenvalue weighted by Crippen LogP contribution is 2.58. The normalized spacial score (nSPS) is 14.4. The molecule has 0 aliphatic carbocycles. The molecule has 1 N–H and O–H groups in total. The Morgan fingerprint density at radius 3 is 2.81 bits per heavy atom. The van der Waals surface area contributed by atoms with E-state index in [-0.39, 0.29) is 12.3 Å². The Kier molecular flexibility index (Phi) is 7.28. The SMILES string of the molecule is CCOP(C)(=O)C(C(=O)NC=Cc1ccccc1[N+](=O)[O-])c1csc2ccc(Cl)cc12. The second-order valence-corrected chi connectivity index (χ2v) is 10.7. The zero-order valence-corrected chi connectivity index (χ0v) is 19.2. The molecule has 0 saturated carbocycles. The van der Waals surface area contributed by atoms with Crippen LogP contribution in [0.1, 0.15) is 23.7 Å². The van der Waals surface area contributed by atoms with Gasteiger partial charge in [-0.25, -0.2) is 0 Å². The van der Waals surface area contributed by atoms with Crippen molar-refractivity contribution in [3.05, 3.63) is 80.3 Å². The summed E-state index contributed by atoms with van der Waals surface area (Å²) < 4.78 is 19.7. The van der Waals surface area contributed by atoms with Crippen LogP contribution >= 0.6 is 30.3 Å². The largest absolute Gasteiger partial charge is 0.332 e.